The third kappa shape index (κ3) is 4.28. The highest BCUT2D eigenvalue weighted by Crippen LogP contribution is 2.23. The number of rotatable bonds is 6. The molecule has 0 saturated carbocycles. The Morgan fingerprint density at radius 2 is 1.93 bits per heavy atom. The zero-order valence-electron chi connectivity index (χ0n) is 15.4. The maximum absolute atomic E-state index is 12.3. The predicted molar refractivity (Wildman–Crippen MR) is 107 cm³/mol. The van der Waals surface area contributed by atoms with Crippen LogP contribution in [0, 0.1) is 10.1 Å². The Hall–Kier alpha value is -4.60. The van der Waals surface area contributed by atoms with E-state index < -0.39 is 10.8 Å². The van der Waals surface area contributed by atoms with Crippen LogP contribution in [0.4, 0.5) is 11.4 Å². The minimum absolute atomic E-state index is 0.147. The molecule has 0 radical (unpaired) electrons. The molecule has 2 aromatic carbocycles. The number of nitro groups is 1. The number of hydrogen-bond donors (Lipinski definition) is 1. The van der Waals surface area contributed by atoms with Crippen molar-refractivity contribution in [3.05, 3.63) is 95.3 Å². The fraction of sp³-hybridized carbons (Fsp3) is 0. The summed E-state index contributed by atoms with van der Waals surface area (Å²) in [4.78, 5) is 34.9. The monoisotopic (exact) mass is 402 g/mol. The number of benzene rings is 2. The van der Waals surface area contributed by atoms with Crippen LogP contribution in [0.1, 0.15) is 10.4 Å². The Morgan fingerprint density at radius 1 is 1.10 bits per heavy atom. The first kappa shape index (κ1) is 18.7. The summed E-state index contributed by atoms with van der Waals surface area (Å²) in [7, 11) is 0. The summed E-state index contributed by atoms with van der Waals surface area (Å²) in [6, 6.07) is 13.8. The molecule has 0 bridgehead atoms. The molecule has 30 heavy (non-hydrogen) atoms. The molecular formula is C20H14N6O4. The number of nitro benzene ring substituents is 1. The van der Waals surface area contributed by atoms with E-state index >= 15 is 0 Å². The van der Waals surface area contributed by atoms with E-state index in [4.69, 9.17) is 4.74 Å². The van der Waals surface area contributed by atoms with Gasteiger partial charge >= 0.3 is 0 Å². The first-order chi connectivity index (χ1) is 14.6. The van der Waals surface area contributed by atoms with Crippen LogP contribution in [-0.2, 0) is 0 Å². The average molecular weight is 402 g/mol. The van der Waals surface area contributed by atoms with E-state index in [9.17, 15) is 14.9 Å². The number of non-ortho nitro benzene ring substituents is 1. The largest absolute Gasteiger partial charge is 0.439 e. The topological polar surface area (TPSA) is 125 Å². The second kappa shape index (κ2) is 8.19. The fourth-order valence-corrected chi connectivity index (χ4v) is 2.61. The molecule has 4 aromatic rings. The number of nitrogens with zero attached hydrogens (tertiary/aromatic N) is 5. The Balaban J connectivity index is 1.43. The zero-order chi connectivity index (χ0) is 20.9. The van der Waals surface area contributed by atoms with Gasteiger partial charge in [-0.1, -0.05) is 6.07 Å². The number of anilines is 1. The summed E-state index contributed by atoms with van der Waals surface area (Å²) < 4.78 is 7.45. The maximum atomic E-state index is 12.3. The molecule has 10 heteroatoms. The molecule has 0 atom stereocenters. The smallest absolute Gasteiger partial charge is 0.270 e. The number of hydrogen-bond acceptors (Lipinski definition) is 7. The third-order valence-electron chi connectivity index (χ3n) is 4.05. The Labute approximate surface area is 170 Å². The SMILES string of the molecule is O=C(Nc1ccc(Oc2cc(-n3ccnc3)ncn2)cc1)c1cccc([N+](=O)[O-])c1. The number of carbonyl (C=O) groups is 1. The Bertz CT molecular complexity index is 1190. The summed E-state index contributed by atoms with van der Waals surface area (Å²) in [6.45, 7) is 0. The molecule has 1 N–H and O–H groups in total. The van der Waals surface area contributed by atoms with Crippen LogP contribution in [-0.4, -0.2) is 30.3 Å². The minimum atomic E-state index is -0.547. The lowest BCUT2D eigenvalue weighted by Crippen LogP contribution is -2.11. The van der Waals surface area contributed by atoms with Gasteiger partial charge in [0.25, 0.3) is 11.6 Å². The molecule has 0 saturated heterocycles. The van der Waals surface area contributed by atoms with Crippen LogP contribution >= 0.6 is 0 Å². The summed E-state index contributed by atoms with van der Waals surface area (Å²) in [5.74, 6) is 1.02. The van der Waals surface area contributed by atoms with Crippen LogP contribution in [0.3, 0.4) is 0 Å². The van der Waals surface area contributed by atoms with Crippen molar-refractivity contribution in [2.75, 3.05) is 5.32 Å². The highest BCUT2D eigenvalue weighted by atomic mass is 16.6. The van der Waals surface area contributed by atoms with Crippen molar-refractivity contribution in [3.8, 4) is 17.4 Å². The van der Waals surface area contributed by atoms with Gasteiger partial charge in [0.15, 0.2) is 0 Å². The third-order valence-corrected chi connectivity index (χ3v) is 4.05. The number of carbonyl (C=O) groups excluding carboxylic acids is 1. The lowest BCUT2D eigenvalue weighted by Gasteiger charge is -2.08. The number of ether oxygens (including phenoxy) is 1. The number of nitrogens with one attached hydrogen (secondary N) is 1. The number of amides is 1. The normalized spacial score (nSPS) is 10.4. The molecule has 0 aliphatic carbocycles. The molecule has 0 fully saturated rings. The molecule has 148 valence electrons. The lowest BCUT2D eigenvalue weighted by molar-refractivity contribution is -0.384. The first-order valence-corrected chi connectivity index (χ1v) is 8.72. The van der Waals surface area contributed by atoms with Gasteiger partial charge in [-0.05, 0) is 30.3 Å². The van der Waals surface area contributed by atoms with Gasteiger partial charge in [0.2, 0.25) is 5.88 Å². The van der Waals surface area contributed by atoms with Crippen LogP contribution in [0.5, 0.6) is 11.6 Å². The summed E-state index contributed by atoms with van der Waals surface area (Å²) in [6.07, 6.45) is 6.40. The second-order valence-electron chi connectivity index (χ2n) is 6.07. The van der Waals surface area contributed by atoms with Crippen molar-refractivity contribution in [2.45, 2.75) is 0 Å². The molecule has 10 nitrogen and oxygen atoms in total. The minimum Gasteiger partial charge on any atom is -0.439 e. The van der Waals surface area contributed by atoms with Gasteiger partial charge in [0.1, 0.15) is 24.2 Å². The molecule has 4 rings (SSSR count). The van der Waals surface area contributed by atoms with Gasteiger partial charge in [0.05, 0.1) is 4.92 Å². The van der Waals surface area contributed by atoms with E-state index in [1.807, 2.05) is 0 Å². The van der Waals surface area contributed by atoms with Crippen LogP contribution in [0.15, 0.2) is 79.6 Å². The van der Waals surface area contributed by atoms with Crippen molar-refractivity contribution >= 4 is 17.3 Å². The van der Waals surface area contributed by atoms with Crippen LogP contribution in [0.25, 0.3) is 5.82 Å². The quantitative estimate of drug-likeness (QED) is 0.386. The molecule has 0 aliphatic rings. The van der Waals surface area contributed by atoms with Crippen molar-refractivity contribution in [3.63, 3.8) is 0 Å². The Morgan fingerprint density at radius 3 is 2.67 bits per heavy atom. The number of aromatic nitrogens is 4. The average Bonchev–Trinajstić information content (AvgIpc) is 3.30. The fourth-order valence-electron chi connectivity index (χ4n) is 2.61. The van der Waals surface area contributed by atoms with E-state index in [-0.39, 0.29) is 11.3 Å². The van der Waals surface area contributed by atoms with Gasteiger partial charge in [-0.3, -0.25) is 19.5 Å². The van der Waals surface area contributed by atoms with Crippen molar-refractivity contribution in [1.82, 2.24) is 19.5 Å². The summed E-state index contributed by atoms with van der Waals surface area (Å²) >= 11 is 0. The highest BCUT2D eigenvalue weighted by molar-refractivity contribution is 6.04. The highest BCUT2D eigenvalue weighted by Gasteiger charge is 2.12. The summed E-state index contributed by atoms with van der Waals surface area (Å²) in [5, 5.41) is 13.5. The predicted octanol–water partition coefficient (Wildman–Crippen LogP) is 3.62. The second-order valence-corrected chi connectivity index (χ2v) is 6.07. The van der Waals surface area contributed by atoms with Crippen LogP contribution < -0.4 is 10.1 Å². The van der Waals surface area contributed by atoms with E-state index in [0.717, 1.165) is 0 Å². The molecule has 0 unspecified atom stereocenters. The van der Waals surface area contributed by atoms with Crippen molar-refractivity contribution < 1.29 is 14.5 Å². The Kier molecular flexibility index (Phi) is 5.12. The number of imidazole rings is 1. The summed E-state index contributed by atoms with van der Waals surface area (Å²) in [5.41, 5.74) is 0.560. The lowest BCUT2D eigenvalue weighted by atomic mass is 10.2. The van der Waals surface area contributed by atoms with Crippen molar-refractivity contribution in [1.29, 1.82) is 0 Å². The van der Waals surface area contributed by atoms with Gasteiger partial charge < -0.3 is 10.1 Å². The molecular weight excluding hydrogens is 388 g/mol. The van der Waals surface area contributed by atoms with E-state index in [2.05, 4.69) is 20.3 Å². The van der Waals surface area contributed by atoms with E-state index in [1.165, 1.54) is 30.6 Å². The molecule has 2 aromatic heterocycles. The van der Waals surface area contributed by atoms with Gasteiger partial charge in [0, 0.05) is 41.8 Å². The zero-order valence-corrected chi connectivity index (χ0v) is 15.4. The van der Waals surface area contributed by atoms with Gasteiger partial charge in [-0.25, -0.2) is 15.0 Å². The molecule has 0 aliphatic heterocycles. The standard InChI is InChI=1S/C20H14N6O4/c27-20(14-2-1-3-16(10-14)26(28)29)24-15-4-6-17(7-5-15)30-19-11-18(22-12-23-19)25-9-8-21-13-25/h1-13H,(H,24,27). The molecule has 1 amide bonds. The van der Waals surface area contributed by atoms with Crippen molar-refractivity contribution in [2.24, 2.45) is 0 Å². The molecule has 0 spiro atoms. The van der Waals surface area contributed by atoms with Gasteiger partial charge in [-0.2, -0.15) is 0 Å². The van der Waals surface area contributed by atoms with Gasteiger partial charge in [-0.15, -0.1) is 0 Å². The first-order valence-electron chi connectivity index (χ1n) is 8.72. The van der Waals surface area contributed by atoms with Crippen LogP contribution in [0.2, 0.25) is 0 Å². The molecule has 2 heterocycles. The maximum Gasteiger partial charge on any atom is 0.270 e. The van der Waals surface area contributed by atoms with E-state index in [1.54, 1.807) is 53.6 Å². The van der Waals surface area contributed by atoms with E-state index in [0.29, 0.717) is 23.1 Å².